The number of ether oxygens (including phenoxy) is 4. The van der Waals surface area contributed by atoms with Crippen LogP contribution < -0.4 is 33.6 Å². The van der Waals surface area contributed by atoms with Gasteiger partial charge in [0.1, 0.15) is 40.3 Å². The number of hydrogen-bond acceptors (Lipinski definition) is 16. The van der Waals surface area contributed by atoms with E-state index in [9.17, 15) is 54.0 Å². The van der Waals surface area contributed by atoms with Crippen LogP contribution >= 0.6 is 0 Å². The van der Waals surface area contributed by atoms with E-state index in [1.165, 1.54) is 64.3 Å². The van der Waals surface area contributed by atoms with Crippen molar-refractivity contribution in [2.75, 3.05) is 41.4 Å². The Morgan fingerprint density at radius 2 is 0.678 bits per heavy atom. The lowest BCUT2D eigenvalue weighted by molar-refractivity contribution is -0.117. The van der Waals surface area contributed by atoms with Gasteiger partial charge in [-0.05, 0) is 107 Å². The van der Waals surface area contributed by atoms with E-state index in [2.05, 4.69) is 9.44 Å². The molecule has 3 N–H and O–H groups in total. The van der Waals surface area contributed by atoms with E-state index >= 15 is 0 Å². The molecule has 25 heteroatoms. The summed E-state index contributed by atoms with van der Waals surface area (Å²) >= 11 is 0. The molecule has 0 bridgehead atoms. The fraction of sp³-hybridized carbons (Fsp3) is 0.169. The van der Waals surface area contributed by atoms with E-state index < -0.39 is 66.1 Å². The van der Waals surface area contributed by atoms with Crippen LogP contribution in [0.3, 0.4) is 0 Å². The van der Waals surface area contributed by atoms with Crippen molar-refractivity contribution >= 4 is 83.1 Å². The van der Waals surface area contributed by atoms with Gasteiger partial charge in [-0.15, -0.1) is 0 Å². The maximum absolute atomic E-state index is 13.1. The Balaban J connectivity index is 0.000000161. The van der Waals surface area contributed by atoms with Crippen LogP contribution in [0.15, 0.2) is 215 Å². The van der Waals surface area contributed by atoms with Gasteiger partial charge in [0, 0.05) is 37.7 Å². The highest BCUT2D eigenvalue weighted by Crippen LogP contribution is 2.38. The van der Waals surface area contributed by atoms with Crippen LogP contribution in [-0.2, 0) is 88.2 Å². The summed E-state index contributed by atoms with van der Waals surface area (Å²) in [4.78, 5) is 77.7. The summed E-state index contributed by atoms with van der Waals surface area (Å²) in [6.45, 7) is 2.23. The highest BCUT2D eigenvalue weighted by molar-refractivity contribution is 7.90. The molecular weight excluding hydrogens is 1220 g/mol. The number of carbonyl (C=O) groups is 6. The Bertz CT molecular complexity index is 4300. The third-order valence-corrected chi connectivity index (χ3v) is 18.3. The minimum atomic E-state index is -4.26. The van der Waals surface area contributed by atoms with Gasteiger partial charge >= 0.3 is 18.3 Å². The molecule has 11 rings (SSSR count). The monoisotopic (exact) mass is 1280 g/mol. The summed E-state index contributed by atoms with van der Waals surface area (Å²) in [6, 6.07) is 55.9. The smallest absolute Gasteiger partial charge is 0.414 e. The summed E-state index contributed by atoms with van der Waals surface area (Å²) in [6.07, 6.45) is -0.435. The first-order chi connectivity index (χ1) is 43.2. The number of hydrogen-bond donors (Lipinski definition) is 3. The number of benzene rings is 8. The molecule has 0 saturated heterocycles. The molecule has 0 fully saturated rings. The maximum Gasteiger partial charge on any atom is 0.414 e. The molecule has 0 radical (unpaired) electrons. The number of para-hydroxylation sites is 3. The number of rotatable bonds is 15. The van der Waals surface area contributed by atoms with Crippen molar-refractivity contribution in [3.05, 3.63) is 245 Å². The van der Waals surface area contributed by atoms with Crippen LogP contribution in [-0.4, -0.2) is 88.0 Å². The molecule has 0 aliphatic carbocycles. The SMILES string of the molecule is CC(=O)NS(=O)(=O)c1cccc2c1N(C(=O)OCc1ccccc1)CC2.COc1ccc(C(=O)NS(=O)(=O)c2cccc3c2N(C(=O)OCc2ccccc2)CC3)cc1.O=C(NS(=O)(=O)c1cccc2c1N(C(=O)OCc1ccccc1)CC2)c1ccccc1. The van der Waals surface area contributed by atoms with Gasteiger partial charge in [0.2, 0.25) is 5.91 Å². The Hall–Kier alpha value is -10.4. The Kier molecular flexibility index (Phi) is 20.4. The Morgan fingerprint density at radius 3 is 0.989 bits per heavy atom. The zero-order chi connectivity index (χ0) is 64.0. The van der Waals surface area contributed by atoms with Crippen molar-refractivity contribution in [3.8, 4) is 5.75 Å². The van der Waals surface area contributed by atoms with Crippen LogP contribution in [0.25, 0.3) is 0 Å². The molecule has 0 unspecified atom stereocenters. The summed E-state index contributed by atoms with van der Waals surface area (Å²) in [5.41, 5.74) is 5.69. The molecule has 0 saturated carbocycles. The minimum absolute atomic E-state index is 0.0641. The number of amides is 6. The van der Waals surface area contributed by atoms with Gasteiger partial charge in [0.25, 0.3) is 41.9 Å². The van der Waals surface area contributed by atoms with Crippen LogP contribution in [0.2, 0.25) is 0 Å². The van der Waals surface area contributed by atoms with Gasteiger partial charge in [0.05, 0.1) is 24.2 Å². The van der Waals surface area contributed by atoms with Gasteiger partial charge < -0.3 is 18.9 Å². The average Bonchev–Trinajstić information content (AvgIpc) is 1.64. The van der Waals surface area contributed by atoms with Crippen LogP contribution in [0.5, 0.6) is 5.75 Å². The molecule has 3 heterocycles. The normalized spacial score (nSPS) is 12.9. The quantitative estimate of drug-likeness (QED) is 0.0806. The fourth-order valence-corrected chi connectivity index (χ4v) is 13.6. The summed E-state index contributed by atoms with van der Waals surface area (Å²) < 4.78 is 104. The molecule has 6 amide bonds. The molecule has 0 spiro atoms. The highest BCUT2D eigenvalue weighted by atomic mass is 32.2. The summed E-state index contributed by atoms with van der Waals surface area (Å²) in [7, 11) is -11.1. The molecule has 0 aromatic heterocycles. The lowest BCUT2D eigenvalue weighted by atomic mass is 10.2. The van der Waals surface area contributed by atoms with Gasteiger partial charge in [-0.1, -0.05) is 146 Å². The van der Waals surface area contributed by atoms with E-state index in [1.54, 1.807) is 66.7 Å². The predicted octanol–water partition coefficient (Wildman–Crippen LogP) is 9.23. The fourth-order valence-electron chi connectivity index (χ4n) is 9.90. The molecule has 3 aliphatic rings. The minimum Gasteiger partial charge on any atom is -0.497 e. The Labute approximate surface area is 520 Å². The van der Waals surface area contributed by atoms with Crippen LogP contribution in [0.1, 0.15) is 61.0 Å². The molecule has 8 aromatic carbocycles. The Morgan fingerprint density at radius 1 is 0.378 bits per heavy atom. The van der Waals surface area contributed by atoms with Crippen molar-refractivity contribution in [1.29, 1.82) is 0 Å². The average molecular weight is 1280 g/mol. The van der Waals surface area contributed by atoms with Crippen LogP contribution in [0, 0.1) is 0 Å². The van der Waals surface area contributed by atoms with Crippen molar-refractivity contribution in [1.82, 2.24) is 14.2 Å². The van der Waals surface area contributed by atoms with Gasteiger partial charge in [-0.25, -0.2) is 53.8 Å². The number of sulfonamides is 3. The van der Waals surface area contributed by atoms with Crippen molar-refractivity contribution in [3.63, 3.8) is 0 Å². The first-order valence-electron chi connectivity index (χ1n) is 27.9. The highest BCUT2D eigenvalue weighted by Gasteiger charge is 2.37. The number of nitrogens with zero attached hydrogens (tertiary/aromatic N) is 3. The second-order valence-electron chi connectivity index (χ2n) is 20.2. The van der Waals surface area contributed by atoms with E-state index in [0.29, 0.717) is 54.8 Å². The van der Waals surface area contributed by atoms with Gasteiger partial charge in [-0.3, -0.25) is 29.1 Å². The first kappa shape index (κ1) is 64.1. The van der Waals surface area contributed by atoms with E-state index in [1.807, 2.05) is 95.7 Å². The zero-order valence-corrected chi connectivity index (χ0v) is 51.0. The molecule has 464 valence electrons. The topological polar surface area (TPSA) is 288 Å². The first-order valence-corrected chi connectivity index (χ1v) is 32.3. The summed E-state index contributed by atoms with van der Waals surface area (Å²) in [5.74, 6) is -1.68. The number of nitrogens with one attached hydrogen (secondary N) is 3. The maximum atomic E-state index is 13.1. The third-order valence-electron chi connectivity index (χ3n) is 14.1. The lowest BCUT2D eigenvalue weighted by Gasteiger charge is -2.20. The second-order valence-corrected chi connectivity index (χ2v) is 25.2. The molecule has 3 aliphatic heterocycles. The third kappa shape index (κ3) is 15.7. The molecule has 90 heavy (non-hydrogen) atoms. The number of methoxy groups -OCH3 is 1. The van der Waals surface area contributed by atoms with Crippen molar-refractivity contribution < 1.29 is 73.0 Å². The number of carbonyl (C=O) groups excluding carboxylic acids is 6. The molecule has 0 atom stereocenters. The zero-order valence-electron chi connectivity index (χ0n) is 48.5. The van der Waals surface area contributed by atoms with E-state index in [-0.39, 0.29) is 69.2 Å². The van der Waals surface area contributed by atoms with Crippen molar-refractivity contribution in [2.24, 2.45) is 0 Å². The lowest BCUT2D eigenvalue weighted by Crippen LogP contribution is -2.34. The molecule has 8 aromatic rings. The largest absolute Gasteiger partial charge is 0.497 e. The standard InChI is InChI=1S/C24H22N2O6S.C23H20N2O5S.C18H18N2O5S/c1-31-20-12-10-19(11-13-20)23(27)25-33(29,30)21-9-5-8-18-14-15-26(22(18)21)24(28)32-16-17-6-3-2-4-7-17;26-22(19-10-5-2-6-11-19)24-31(28,29)20-13-7-12-18-14-15-25(21(18)20)23(27)30-16-17-8-3-1-4-9-17;1-13(21)19-26(23,24)16-9-5-8-15-10-11-20(17(15)16)18(22)25-12-14-6-3-2-4-7-14/h2-13H,14-16H2,1H3,(H,25,27);1-13H,14-16H2,(H,24,26);2-9H,10-12H2,1H3,(H,19,21). The number of fused-ring (bicyclic) bond motifs is 3. The molecular formula is C65H60N6O16S3. The van der Waals surface area contributed by atoms with Gasteiger partial charge in [0.15, 0.2) is 0 Å². The van der Waals surface area contributed by atoms with Crippen LogP contribution in [0.4, 0.5) is 31.4 Å². The predicted molar refractivity (Wildman–Crippen MR) is 332 cm³/mol. The number of anilines is 3. The molecule has 22 nitrogen and oxygen atoms in total. The van der Waals surface area contributed by atoms with Gasteiger partial charge in [-0.2, -0.15) is 0 Å². The van der Waals surface area contributed by atoms with E-state index in [0.717, 1.165) is 23.6 Å². The summed E-state index contributed by atoms with van der Waals surface area (Å²) in [5, 5.41) is 0. The second kappa shape index (κ2) is 28.6. The van der Waals surface area contributed by atoms with Crippen molar-refractivity contribution in [2.45, 2.75) is 60.7 Å². The van der Waals surface area contributed by atoms with E-state index in [4.69, 9.17) is 18.9 Å².